The molecule has 1 fully saturated rings. The molecular formula is C12H21N3O5. The van der Waals surface area contributed by atoms with Crippen LogP contribution in [0.4, 0.5) is 4.79 Å². The molecule has 2 atom stereocenters. The molecule has 1 heterocycles. The number of urea groups is 1. The van der Waals surface area contributed by atoms with E-state index in [0.717, 1.165) is 0 Å². The van der Waals surface area contributed by atoms with Crippen molar-refractivity contribution >= 4 is 17.9 Å². The number of nitrogens with one attached hydrogen (secondary N) is 1. The van der Waals surface area contributed by atoms with E-state index in [9.17, 15) is 19.5 Å². The van der Waals surface area contributed by atoms with Crippen molar-refractivity contribution in [3.63, 3.8) is 0 Å². The fraction of sp³-hybridized carbons (Fsp3) is 0.750. The molecule has 1 aliphatic rings. The molecule has 0 aromatic heterocycles. The highest BCUT2D eigenvalue weighted by atomic mass is 16.4. The Balaban J connectivity index is 2.57. The van der Waals surface area contributed by atoms with Gasteiger partial charge in [-0.25, -0.2) is 9.59 Å². The number of β-amino-alcohol motifs (C(OH)–C–C–N with tert-alkyl or cyclic N) is 1. The van der Waals surface area contributed by atoms with E-state index in [-0.39, 0.29) is 19.4 Å². The number of aliphatic hydroxyl groups is 1. The van der Waals surface area contributed by atoms with Crippen molar-refractivity contribution in [1.82, 2.24) is 10.2 Å². The minimum atomic E-state index is -1.22. The lowest BCUT2D eigenvalue weighted by molar-refractivity contribution is -0.139. The summed E-state index contributed by atoms with van der Waals surface area (Å²) < 4.78 is 0. The van der Waals surface area contributed by atoms with Crippen molar-refractivity contribution in [1.29, 1.82) is 0 Å². The summed E-state index contributed by atoms with van der Waals surface area (Å²) in [7, 11) is 0. The molecule has 0 radical (unpaired) electrons. The van der Waals surface area contributed by atoms with Gasteiger partial charge in [0.05, 0.1) is 12.1 Å². The van der Waals surface area contributed by atoms with Crippen molar-refractivity contribution in [3.8, 4) is 0 Å². The topological polar surface area (TPSA) is 133 Å². The summed E-state index contributed by atoms with van der Waals surface area (Å²) in [4.78, 5) is 35.0. The summed E-state index contributed by atoms with van der Waals surface area (Å²) in [5, 5.41) is 21.3. The first-order valence-corrected chi connectivity index (χ1v) is 6.50. The van der Waals surface area contributed by atoms with Gasteiger partial charge in [-0.3, -0.25) is 4.79 Å². The molecule has 0 aromatic rings. The molecule has 1 rings (SSSR count). The van der Waals surface area contributed by atoms with E-state index in [2.05, 4.69) is 5.32 Å². The van der Waals surface area contributed by atoms with Gasteiger partial charge in [-0.2, -0.15) is 0 Å². The normalized spacial score (nSPS) is 24.0. The lowest BCUT2D eigenvalue weighted by atomic mass is 9.95. The van der Waals surface area contributed by atoms with E-state index in [0.29, 0.717) is 19.4 Å². The van der Waals surface area contributed by atoms with Crippen LogP contribution in [0.15, 0.2) is 0 Å². The third-order valence-electron chi connectivity index (χ3n) is 3.24. The number of hydrogen-bond donors (Lipinski definition) is 4. The van der Waals surface area contributed by atoms with Gasteiger partial charge in [0.25, 0.3) is 0 Å². The van der Waals surface area contributed by atoms with Gasteiger partial charge in [-0.15, -0.1) is 0 Å². The van der Waals surface area contributed by atoms with Crippen molar-refractivity contribution < 1.29 is 24.6 Å². The minimum absolute atomic E-state index is 0.0549. The highest BCUT2D eigenvalue weighted by molar-refractivity contribution is 5.83. The second-order valence-electron chi connectivity index (χ2n) is 5.37. The maximum Gasteiger partial charge on any atom is 0.326 e. The molecule has 3 amide bonds. The maximum atomic E-state index is 12.0. The summed E-state index contributed by atoms with van der Waals surface area (Å²) in [6, 6.07) is -1.72. The third-order valence-corrected chi connectivity index (χ3v) is 3.24. The number of piperidine rings is 1. The van der Waals surface area contributed by atoms with E-state index in [4.69, 9.17) is 10.8 Å². The van der Waals surface area contributed by atoms with Crippen LogP contribution in [0.25, 0.3) is 0 Å². The zero-order chi connectivity index (χ0) is 15.3. The van der Waals surface area contributed by atoms with E-state index in [1.165, 1.54) is 4.90 Å². The standard InChI is InChI=1S/C12H21N3O5/c1-12(20)5-2-6-15(7-12)11(19)14-8(10(17)18)3-4-9(13)16/h8,20H,2-7H2,1H3,(H2,13,16)(H,14,19)(H,17,18)/t8-,12?/m1/s1. The molecule has 0 aromatic carbocycles. The Bertz CT molecular complexity index is 397. The summed E-state index contributed by atoms with van der Waals surface area (Å²) in [6.07, 6.45) is 1.08. The number of nitrogens with two attached hydrogens (primary N) is 1. The number of likely N-dealkylation sites (tertiary alicyclic amines) is 1. The first-order valence-electron chi connectivity index (χ1n) is 6.50. The van der Waals surface area contributed by atoms with Crippen LogP contribution in [0.1, 0.15) is 32.6 Å². The van der Waals surface area contributed by atoms with Crippen molar-refractivity contribution in [3.05, 3.63) is 0 Å². The lowest BCUT2D eigenvalue weighted by Crippen LogP contribution is -2.54. The number of carbonyl (C=O) groups is 3. The predicted molar refractivity (Wildman–Crippen MR) is 69.8 cm³/mol. The van der Waals surface area contributed by atoms with Gasteiger partial charge < -0.3 is 26.2 Å². The fourth-order valence-corrected chi connectivity index (χ4v) is 2.18. The molecule has 114 valence electrons. The van der Waals surface area contributed by atoms with Crippen LogP contribution >= 0.6 is 0 Å². The van der Waals surface area contributed by atoms with Crippen LogP contribution in [-0.2, 0) is 9.59 Å². The molecule has 0 spiro atoms. The fourth-order valence-electron chi connectivity index (χ4n) is 2.18. The van der Waals surface area contributed by atoms with Gasteiger partial charge in [0.1, 0.15) is 6.04 Å². The van der Waals surface area contributed by atoms with Gasteiger partial charge >= 0.3 is 12.0 Å². The van der Waals surface area contributed by atoms with Crippen LogP contribution in [0.5, 0.6) is 0 Å². The Hall–Kier alpha value is -1.83. The van der Waals surface area contributed by atoms with Crippen LogP contribution in [0.3, 0.4) is 0 Å². The number of hydrogen-bond acceptors (Lipinski definition) is 4. The van der Waals surface area contributed by atoms with E-state index < -0.39 is 29.6 Å². The van der Waals surface area contributed by atoms with Crippen molar-refractivity contribution in [2.24, 2.45) is 5.73 Å². The largest absolute Gasteiger partial charge is 0.480 e. The summed E-state index contributed by atoms with van der Waals surface area (Å²) >= 11 is 0. The Labute approximate surface area is 116 Å². The van der Waals surface area contributed by atoms with E-state index >= 15 is 0 Å². The second kappa shape index (κ2) is 6.56. The predicted octanol–water partition coefficient (Wildman–Crippen LogP) is -0.738. The monoisotopic (exact) mass is 287 g/mol. The van der Waals surface area contributed by atoms with Gasteiger partial charge in [0, 0.05) is 13.0 Å². The molecule has 0 bridgehead atoms. The molecular weight excluding hydrogens is 266 g/mol. The number of primary amides is 1. The summed E-state index contributed by atoms with van der Waals surface area (Å²) in [5.41, 5.74) is 4.01. The zero-order valence-electron chi connectivity index (χ0n) is 11.5. The highest BCUT2D eigenvalue weighted by Crippen LogP contribution is 2.20. The van der Waals surface area contributed by atoms with Crippen molar-refractivity contribution in [2.75, 3.05) is 13.1 Å². The second-order valence-corrected chi connectivity index (χ2v) is 5.37. The number of nitrogens with zero attached hydrogens (tertiary/aromatic N) is 1. The van der Waals surface area contributed by atoms with Crippen LogP contribution in [0.2, 0.25) is 0 Å². The quantitative estimate of drug-likeness (QED) is 0.528. The third kappa shape index (κ3) is 5.04. The minimum Gasteiger partial charge on any atom is -0.480 e. The Kier molecular flexibility index (Phi) is 5.32. The number of carboxylic acids is 1. The zero-order valence-corrected chi connectivity index (χ0v) is 11.5. The van der Waals surface area contributed by atoms with E-state index in [1.807, 2.05) is 0 Å². The van der Waals surface area contributed by atoms with Crippen molar-refractivity contribution in [2.45, 2.75) is 44.2 Å². The van der Waals surface area contributed by atoms with Crippen LogP contribution in [-0.4, -0.2) is 57.8 Å². The van der Waals surface area contributed by atoms with Crippen LogP contribution in [0, 0.1) is 0 Å². The molecule has 0 aliphatic carbocycles. The molecule has 1 unspecified atom stereocenters. The smallest absolute Gasteiger partial charge is 0.326 e. The van der Waals surface area contributed by atoms with Gasteiger partial charge in [-0.05, 0) is 26.2 Å². The highest BCUT2D eigenvalue weighted by Gasteiger charge is 2.32. The molecule has 5 N–H and O–H groups in total. The molecule has 8 nitrogen and oxygen atoms in total. The number of amides is 3. The first-order chi connectivity index (χ1) is 9.21. The maximum absolute atomic E-state index is 12.0. The van der Waals surface area contributed by atoms with E-state index in [1.54, 1.807) is 6.92 Å². The Morgan fingerprint density at radius 1 is 1.45 bits per heavy atom. The molecule has 0 saturated carbocycles. The molecule has 20 heavy (non-hydrogen) atoms. The Morgan fingerprint density at radius 2 is 2.10 bits per heavy atom. The average Bonchev–Trinajstić information content (AvgIpc) is 2.32. The van der Waals surface area contributed by atoms with Gasteiger partial charge in [0.15, 0.2) is 0 Å². The SMILES string of the molecule is CC1(O)CCCN(C(=O)N[C@H](CCC(N)=O)C(=O)O)C1. The number of rotatable bonds is 5. The number of carboxylic acid groups (broad SMARTS) is 1. The van der Waals surface area contributed by atoms with Crippen LogP contribution < -0.4 is 11.1 Å². The first kappa shape index (κ1) is 16.2. The summed E-state index contributed by atoms with van der Waals surface area (Å²) in [6.45, 7) is 2.25. The number of carbonyl (C=O) groups excluding carboxylic acids is 2. The Morgan fingerprint density at radius 3 is 2.60 bits per heavy atom. The summed E-state index contributed by atoms with van der Waals surface area (Å²) in [5.74, 6) is -1.84. The van der Waals surface area contributed by atoms with Gasteiger partial charge in [0.2, 0.25) is 5.91 Å². The van der Waals surface area contributed by atoms with Gasteiger partial charge in [-0.1, -0.05) is 0 Å². The number of aliphatic carboxylic acids is 1. The average molecular weight is 287 g/mol. The molecule has 1 saturated heterocycles. The lowest BCUT2D eigenvalue weighted by Gasteiger charge is -2.37. The molecule has 1 aliphatic heterocycles. The molecule has 8 heteroatoms.